The number of amides is 2. The number of rotatable bonds is 9. The van der Waals surface area contributed by atoms with Gasteiger partial charge in [-0.05, 0) is 63.6 Å². The van der Waals surface area contributed by atoms with E-state index >= 15 is 0 Å². The number of hydrogen-bond acceptors (Lipinski definition) is 7. The van der Waals surface area contributed by atoms with Crippen LogP contribution in [0.5, 0.6) is 0 Å². The molecule has 3 aliphatic rings. The highest BCUT2D eigenvalue weighted by Gasteiger charge is 2.44. The van der Waals surface area contributed by atoms with E-state index in [1.165, 1.54) is 28.8 Å². The molecule has 2 heterocycles. The van der Waals surface area contributed by atoms with E-state index < -0.39 is 22.0 Å². The average Bonchev–Trinajstić information content (AvgIpc) is 3.34. The van der Waals surface area contributed by atoms with E-state index in [1.54, 1.807) is 11.8 Å². The lowest BCUT2D eigenvalue weighted by molar-refractivity contribution is -0.142. The van der Waals surface area contributed by atoms with Crippen LogP contribution in [0, 0.1) is 11.8 Å². The van der Waals surface area contributed by atoms with E-state index in [0.29, 0.717) is 51.6 Å². The molecule has 11 nitrogen and oxygen atoms in total. The molecule has 212 valence electrons. The first kappa shape index (κ1) is 30.0. The van der Waals surface area contributed by atoms with Crippen LogP contribution >= 0.6 is 0 Å². The topological polar surface area (TPSA) is 153 Å². The number of carbonyl (C=O) groups excluding carboxylic acids is 2. The predicted molar refractivity (Wildman–Crippen MR) is 144 cm³/mol. The first-order chi connectivity index (χ1) is 17.9. The summed E-state index contributed by atoms with van der Waals surface area (Å²) in [6, 6.07) is -0.763. The van der Waals surface area contributed by atoms with Gasteiger partial charge in [-0.25, -0.2) is 13.2 Å². The molecule has 3 fully saturated rings. The highest BCUT2D eigenvalue weighted by atomic mass is 32.2. The summed E-state index contributed by atoms with van der Waals surface area (Å²) >= 11 is 0. The van der Waals surface area contributed by atoms with Crippen LogP contribution in [0.15, 0.2) is 36.1 Å². The summed E-state index contributed by atoms with van der Waals surface area (Å²) in [5.74, 6) is -1.19. The fourth-order valence-corrected chi connectivity index (χ4v) is 6.44. The van der Waals surface area contributed by atoms with Crippen LogP contribution in [0.2, 0.25) is 0 Å². The van der Waals surface area contributed by atoms with Gasteiger partial charge in [-0.15, -0.1) is 0 Å². The average molecular weight is 552 g/mol. The van der Waals surface area contributed by atoms with E-state index in [-0.39, 0.29) is 35.0 Å². The van der Waals surface area contributed by atoms with Gasteiger partial charge < -0.3 is 21.1 Å². The summed E-state index contributed by atoms with van der Waals surface area (Å²) in [5.41, 5.74) is 6.12. The van der Waals surface area contributed by atoms with Crippen LogP contribution in [0.3, 0.4) is 0 Å². The molecule has 3 rings (SSSR count). The second-order valence-corrected chi connectivity index (χ2v) is 12.4. The molecule has 2 aliphatic heterocycles. The molecule has 0 unspecified atom stereocenters. The number of carboxylic acids is 1. The summed E-state index contributed by atoms with van der Waals surface area (Å²) in [5, 5.41) is 11.9. The second kappa shape index (κ2) is 13.0. The standard InChI is InChI=1S/C26H41N5O6S/c1-4-20(26(34)35)8-5-18(2)28-24(32)23-15-22(29-11-13-30(14-12-29)38(3,36)37)17-31(23)25(33)21-9-6-19(16-27)7-10-21/h4-5,8,19,21-23H,2,6-7,9-17,27H2,1,3H3,(H,28,32)(H,34,35)/b8-5-,20-4+/t19?,21?,22-,23-/m0/s1. The zero-order valence-corrected chi connectivity index (χ0v) is 23.2. The second-order valence-electron chi connectivity index (χ2n) is 10.4. The van der Waals surface area contributed by atoms with Gasteiger partial charge in [0.2, 0.25) is 21.8 Å². The predicted octanol–water partition coefficient (Wildman–Crippen LogP) is 0.515. The Morgan fingerprint density at radius 1 is 1.08 bits per heavy atom. The normalized spacial score (nSPS) is 28.0. The number of hydrogen-bond donors (Lipinski definition) is 3. The zero-order valence-electron chi connectivity index (χ0n) is 22.3. The molecule has 0 radical (unpaired) electrons. The largest absolute Gasteiger partial charge is 0.478 e. The Hall–Kier alpha value is -2.54. The summed E-state index contributed by atoms with van der Waals surface area (Å²) in [6.45, 7) is 8.26. The number of carbonyl (C=O) groups is 3. The van der Waals surface area contributed by atoms with E-state index in [9.17, 15) is 27.9 Å². The Balaban J connectivity index is 1.72. The first-order valence-corrected chi connectivity index (χ1v) is 15.1. The molecule has 38 heavy (non-hydrogen) atoms. The van der Waals surface area contributed by atoms with Gasteiger partial charge in [-0.2, -0.15) is 4.31 Å². The molecule has 1 saturated carbocycles. The van der Waals surface area contributed by atoms with Crippen molar-refractivity contribution >= 4 is 27.8 Å². The molecule has 2 atom stereocenters. The number of aliphatic carboxylic acids is 1. The number of sulfonamides is 1. The van der Waals surface area contributed by atoms with Crippen LogP contribution in [0.4, 0.5) is 0 Å². The van der Waals surface area contributed by atoms with Crippen LogP contribution in [0.25, 0.3) is 0 Å². The number of piperazine rings is 1. The molecule has 2 saturated heterocycles. The molecule has 2 amide bonds. The molecule has 12 heteroatoms. The Bertz CT molecular complexity index is 1070. The number of allylic oxidation sites excluding steroid dienone is 2. The summed E-state index contributed by atoms with van der Waals surface area (Å²) < 4.78 is 25.3. The lowest BCUT2D eigenvalue weighted by atomic mass is 9.81. The molecular weight excluding hydrogens is 510 g/mol. The highest BCUT2D eigenvalue weighted by molar-refractivity contribution is 7.88. The van der Waals surface area contributed by atoms with Gasteiger partial charge in [0.05, 0.1) is 11.8 Å². The van der Waals surface area contributed by atoms with Crippen LogP contribution in [-0.2, 0) is 24.4 Å². The van der Waals surface area contributed by atoms with Crippen molar-refractivity contribution in [1.29, 1.82) is 0 Å². The number of nitrogens with two attached hydrogens (primary N) is 1. The smallest absolute Gasteiger partial charge is 0.335 e. The van der Waals surface area contributed by atoms with Gasteiger partial charge in [-0.3, -0.25) is 14.5 Å². The van der Waals surface area contributed by atoms with Crippen LogP contribution in [0.1, 0.15) is 39.0 Å². The Kier molecular flexibility index (Phi) is 10.3. The van der Waals surface area contributed by atoms with Crippen molar-refractivity contribution in [3.63, 3.8) is 0 Å². The van der Waals surface area contributed by atoms with E-state index in [2.05, 4.69) is 16.8 Å². The number of carboxylic acid groups (broad SMARTS) is 1. The van der Waals surface area contributed by atoms with Gasteiger partial charge >= 0.3 is 5.97 Å². The Labute approximate surface area is 225 Å². The molecule has 1 aliphatic carbocycles. The lowest BCUT2D eigenvalue weighted by Gasteiger charge is -2.37. The van der Waals surface area contributed by atoms with Gasteiger partial charge in [0, 0.05) is 50.4 Å². The maximum atomic E-state index is 13.6. The molecule has 0 spiro atoms. The minimum atomic E-state index is -3.26. The fourth-order valence-electron chi connectivity index (χ4n) is 5.62. The van der Waals surface area contributed by atoms with Crippen molar-refractivity contribution in [3.8, 4) is 0 Å². The number of nitrogens with zero attached hydrogens (tertiary/aromatic N) is 3. The van der Waals surface area contributed by atoms with Crippen molar-refractivity contribution in [3.05, 3.63) is 36.1 Å². The SMILES string of the molecule is C=C(/C=C\C(=C/C)C(=O)O)NC(=O)[C@@H]1C[C@H](N2CCN(S(C)(=O)=O)CC2)CN1C(=O)C1CCC(CN)CC1. The third kappa shape index (κ3) is 7.52. The third-order valence-corrected chi connectivity index (χ3v) is 9.26. The summed E-state index contributed by atoms with van der Waals surface area (Å²) in [6.07, 6.45) is 9.16. The first-order valence-electron chi connectivity index (χ1n) is 13.2. The van der Waals surface area contributed by atoms with E-state index in [4.69, 9.17) is 5.73 Å². The van der Waals surface area contributed by atoms with Crippen LogP contribution in [-0.4, -0.2) is 103 Å². The van der Waals surface area contributed by atoms with Gasteiger partial charge in [0.1, 0.15) is 6.04 Å². The van der Waals surface area contributed by atoms with Crippen molar-refractivity contribution in [2.24, 2.45) is 17.6 Å². The summed E-state index contributed by atoms with van der Waals surface area (Å²) in [7, 11) is -3.26. The van der Waals surface area contributed by atoms with Crippen molar-refractivity contribution < 1.29 is 27.9 Å². The Morgan fingerprint density at radius 2 is 1.71 bits per heavy atom. The minimum Gasteiger partial charge on any atom is -0.478 e. The van der Waals surface area contributed by atoms with Crippen molar-refractivity contribution in [2.45, 2.75) is 51.1 Å². The molecule has 0 bridgehead atoms. The summed E-state index contributed by atoms with van der Waals surface area (Å²) in [4.78, 5) is 42.1. The van der Waals surface area contributed by atoms with Crippen molar-refractivity contribution in [1.82, 2.24) is 19.4 Å². The third-order valence-electron chi connectivity index (χ3n) is 7.96. The molecule has 0 aromatic heterocycles. The quantitative estimate of drug-likeness (QED) is 0.277. The van der Waals surface area contributed by atoms with Crippen molar-refractivity contribution in [2.75, 3.05) is 45.5 Å². The maximum absolute atomic E-state index is 13.6. The zero-order chi connectivity index (χ0) is 28.0. The minimum absolute atomic E-state index is 0.0267. The lowest BCUT2D eigenvalue weighted by Crippen LogP contribution is -2.52. The number of nitrogens with one attached hydrogen (secondary N) is 1. The van der Waals surface area contributed by atoms with Gasteiger partial charge in [0.15, 0.2) is 0 Å². The van der Waals surface area contributed by atoms with Gasteiger partial charge in [0.25, 0.3) is 0 Å². The monoisotopic (exact) mass is 551 g/mol. The molecule has 0 aromatic carbocycles. The van der Waals surface area contributed by atoms with Gasteiger partial charge in [-0.1, -0.05) is 12.7 Å². The highest BCUT2D eigenvalue weighted by Crippen LogP contribution is 2.33. The Morgan fingerprint density at radius 3 is 2.24 bits per heavy atom. The molecule has 4 N–H and O–H groups in total. The van der Waals surface area contributed by atoms with Crippen LogP contribution < -0.4 is 11.1 Å². The molecule has 0 aromatic rings. The maximum Gasteiger partial charge on any atom is 0.335 e. The molecular formula is C26H41N5O6S. The fraction of sp³-hybridized carbons (Fsp3) is 0.654. The number of likely N-dealkylation sites (tertiary alicyclic amines) is 1. The van der Waals surface area contributed by atoms with E-state index in [1.807, 2.05) is 0 Å². The van der Waals surface area contributed by atoms with E-state index in [0.717, 1.165) is 25.7 Å².